The van der Waals surface area contributed by atoms with Gasteiger partial charge in [0.1, 0.15) is 0 Å². The monoisotopic (exact) mass is 303 g/mol. The van der Waals surface area contributed by atoms with Crippen molar-refractivity contribution >= 4 is 5.91 Å². The first-order valence-electron chi connectivity index (χ1n) is 8.20. The molecule has 22 heavy (non-hydrogen) atoms. The summed E-state index contributed by atoms with van der Waals surface area (Å²) in [4.78, 5) is 14.4. The molecule has 5 heteroatoms. The number of rotatable bonds is 5. The summed E-state index contributed by atoms with van der Waals surface area (Å²) in [6.45, 7) is 5.04. The number of amides is 1. The first kappa shape index (κ1) is 15.5. The number of morpholine rings is 1. The number of ether oxygens (including phenoxy) is 1. The summed E-state index contributed by atoms with van der Waals surface area (Å²) in [5, 5.41) is 6.25. The van der Waals surface area contributed by atoms with Crippen LogP contribution in [0.15, 0.2) is 30.3 Å². The maximum Gasteiger partial charge on any atom is 0.237 e. The van der Waals surface area contributed by atoms with E-state index >= 15 is 0 Å². The summed E-state index contributed by atoms with van der Waals surface area (Å²) in [6.07, 6.45) is 2.11. The van der Waals surface area contributed by atoms with Gasteiger partial charge in [0.15, 0.2) is 0 Å². The van der Waals surface area contributed by atoms with Gasteiger partial charge in [0.2, 0.25) is 5.91 Å². The second-order valence-electron chi connectivity index (χ2n) is 6.11. The summed E-state index contributed by atoms with van der Waals surface area (Å²) in [6, 6.07) is 10.5. The van der Waals surface area contributed by atoms with E-state index in [1.54, 1.807) is 0 Å². The second-order valence-corrected chi connectivity index (χ2v) is 6.11. The zero-order chi connectivity index (χ0) is 15.2. The molecule has 2 aliphatic rings. The van der Waals surface area contributed by atoms with Crippen LogP contribution in [0, 0.1) is 0 Å². The van der Waals surface area contributed by atoms with Crippen molar-refractivity contribution in [2.24, 2.45) is 0 Å². The van der Waals surface area contributed by atoms with Gasteiger partial charge >= 0.3 is 0 Å². The summed E-state index contributed by atoms with van der Waals surface area (Å²) in [5.74, 6) is 0.112. The molecular formula is C17H25N3O2. The van der Waals surface area contributed by atoms with Gasteiger partial charge in [-0.15, -0.1) is 0 Å². The molecule has 0 aromatic heterocycles. The van der Waals surface area contributed by atoms with E-state index in [1.807, 2.05) is 6.07 Å². The van der Waals surface area contributed by atoms with E-state index < -0.39 is 0 Å². The summed E-state index contributed by atoms with van der Waals surface area (Å²) in [5.41, 5.74) is 1.32. The first-order chi connectivity index (χ1) is 10.8. The maximum absolute atomic E-state index is 12.0. The van der Waals surface area contributed by atoms with Crippen molar-refractivity contribution in [3.63, 3.8) is 0 Å². The number of nitrogens with one attached hydrogen (secondary N) is 2. The predicted octanol–water partition coefficient (Wildman–Crippen LogP) is 0.756. The smallest absolute Gasteiger partial charge is 0.237 e. The highest BCUT2D eigenvalue weighted by atomic mass is 16.5. The first-order valence-corrected chi connectivity index (χ1v) is 8.20. The Kier molecular flexibility index (Phi) is 5.43. The van der Waals surface area contributed by atoms with Gasteiger partial charge in [-0.05, 0) is 24.9 Å². The zero-order valence-corrected chi connectivity index (χ0v) is 13.0. The third kappa shape index (κ3) is 4.29. The standard InChI is InChI=1S/C17H25N3O2/c21-17(16-7-4-8-18-16)19-11-15-13-20(9-10-22-15)12-14-5-2-1-3-6-14/h1-3,5-6,15-16,18H,4,7-13H2,(H,19,21). The van der Waals surface area contributed by atoms with E-state index in [9.17, 15) is 4.79 Å². The highest BCUT2D eigenvalue weighted by Gasteiger charge is 2.24. The van der Waals surface area contributed by atoms with Crippen LogP contribution < -0.4 is 10.6 Å². The minimum Gasteiger partial charge on any atom is -0.374 e. The third-order valence-electron chi connectivity index (χ3n) is 4.35. The average molecular weight is 303 g/mol. The van der Waals surface area contributed by atoms with Gasteiger partial charge in [0.25, 0.3) is 0 Å². The summed E-state index contributed by atoms with van der Waals surface area (Å²) in [7, 11) is 0. The van der Waals surface area contributed by atoms with Crippen LogP contribution >= 0.6 is 0 Å². The van der Waals surface area contributed by atoms with Crippen molar-refractivity contribution in [1.29, 1.82) is 0 Å². The Labute approximate surface area is 132 Å². The van der Waals surface area contributed by atoms with Crippen LogP contribution in [0.3, 0.4) is 0 Å². The number of benzene rings is 1. The molecular weight excluding hydrogens is 278 g/mol. The molecule has 1 amide bonds. The fourth-order valence-electron chi connectivity index (χ4n) is 3.14. The van der Waals surface area contributed by atoms with Crippen molar-refractivity contribution < 1.29 is 9.53 Å². The van der Waals surface area contributed by atoms with Crippen LogP contribution in [0.2, 0.25) is 0 Å². The number of carbonyl (C=O) groups is 1. The Morgan fingerprint density at radius 1 is 1.36 bits per heavy atom. The molecule has 3 rings (SSSR count). The van der Waals surface area contributed by atoms with Gasteiger partial charge in [-0.1, -0.05) is 30.3 Å². The molecule has 2 unspecified atom stereocenters. The second kappa shape index (κ2) is 7.72. The molecule has 2 aliphatic heterocycles. The van der Waals surface area contributed by atoms with Crippen molar-refractivity contribution in [3.05, 3.63) is 35.9 Å². The molecule has 1 aromatic carbocycles. The van der Waals surface area contributed by atoms with Crippen LogP contribution in [-0.4, -0.2) is 55.7 Å². The predicted molar refractivity (Wildman–Crippen MR) is 85.5 cm³/mol. The van der Waals surface area contributed by atoms with Crippen LogP contribution in [0.5, 0.6) is 0 Å². The molecule has 2 atom stereocenters. The lowest BCUT2D eigenvalue weighted by atomic mass is 10.2. The van der Waals surface area contributed by atoms with E-state index in [0.717, 1.165) is 45.6 Å². The molecule has 0 spiro atoms. The van der Waals surface area contributed by atoms with E-state index in [-0.39, 0.29) is 18.1 Å². The lowest BCUT2D eigenvalue weighted by Gasteiger charge is -2.33. The van der Waals surface area contributed by atoms with Crippen LogP contribution in [0.4, 0.5) is 0 Å². The molecule has 2 N–H and O–H groups in total. The molecule has 0 bridgehead atoms. The van der Waals surface area contributed by atoms with Gasteiger partial charge in [-0.2, -0.15) is 0 Å². The molecule has 120 valence electrons. The van der Waals surface area contributed by atoms with Gasteiger partial charge in [0.05, 0.1) is 18.8 Å². The third-order valence-corrected chi connectivity index (χ3v) is 4.35. The molecule has 2 saturated heterocycles. The molecule has 0 aliphatic carbocycles. The maximum atomic E-state index is 12.0. The summed E-state index contributed by atoms with van der Waals surface area (Å²) < 4.78 is 5.78. The Bertz CT molecular complexity index is 474. The minimum absolute atomic E-state index is 0.0102. The SMILES string of the molecule is O=C(NCC1CN(Cc2ccccc2)CCO1)C1CCCN1. The average Bonchev–Trinajstić information content (AvgIpc) is 3.08. The normalized spacial score (nSPS) is 26.0. The topological polar surface area (TPSA) is 53.6 Å². The molecule has 0 radical (unpaired) electrons. The van der Waals surface area contributed by atoms with E-state index in [1.165, 1.54) is 5.56 Å². The lowest BCUT2D eigenvalue weighted by Crippen LogP contribution is -2.49. The van der Waals surface area contributed by atoms with Gasteiger partial charge in [-0.3, -0.25) is 9.69 Å². The van der Waals surface area contributed by atoms with Crippen LogP contribution in [-0.2, 0) is 16.1 Å². The van der Waals surface area contributed by atoms with Crippen LogP contribution in [0.25, 0.3) is 0 Å². The molecule has 2 heterocycles. The molecule has 1 aromatic rings. The fourth-order valence-corrected chi connectivity index (χ4v) is 3.14. The molecule has 0 saturated carbocycles. The van der Waals surface area contributed by atoms with Crippen molar-refractivity contribution in [3.8, 4) is 0 Å². The Morgan fingerprint density at radius 3 is 3.00 bits per heavy atom. The van der Waals surface area contributed by atoms with Gasteiger partial charge in [0, 0.05) is 26.2 Å². The summed E-state index contributed by atoms with van der Waals surface area (Å²) >= 11 is 0. The molecule has 5 nitrogen and oxygen atoms in total. The van der Waals surface area contributed by atoms with E-state index in [4.69, 9.17) is 4.74 Å². The van der Waals surface area contributed by atoms with Crippen molar-refractivity contribution in [1.82, 2.24) is 15.5 Å². The highest BCUT2D eigenvalue weighted by Crippen LogP contribution is 2.10. The highest BCUT2D eigenvalue weighted by molar-refractivity contribution is 5.82. The van der Waals surface area contributed by atoms with E-state index in [2.05, 4.69) is 39.8 Å². The number of hydrogen-bond donors (Lipinski definition) is 2. The fraction of sp³-hybridized carbons (Fsp3) is 0.588. The minimum atomic E-state index is -0.0102. The number of nitrogens with zero attached hydrogens (tertiary/aromatic N) is 1. The quantitative estimate of drug-likeness (QED) is 0.843. The van der Waals surface area contributed by atoms with Crippen molar-refractivity contribution in [2.75, 3.05) is 32.8 Å². The Morgan fingerprint density at radius 2 is 2.23 bits per heavy atom. The Balaban J connectivity index is 1.43. The number of hydrogen-bond acceptors (Lipinski definition) is 4. The lowest BCUT2D eigenvalue weighted by molar-refractivity contribution is -0.124. The Hall–Kier alpha value is -1.43. The van der Waals surface area contributed by atoms with Crippen LogP contribution in [0.1, 0.15) is 18.4 Å². The van der Waals surface area contributed by atoms with Gasteiger partial charge in [-0.25, -0.2) is 0 Å². The molecule has 2 fully saturated rings. The van der Waals surface area contributed by atoms with Gasteiger partial charge < -0.3 is 15.4 Å². The van der Waals surface area contributed by atoms with Crippen molar-refractivity contribution in [2.45, 2.75) is 31.5 Å². The largest absolute Gasteiger partial charge is 0.374 e. The number of carbonyl (C=O) groups excluding carboxylic acids is 1. The van der Waals surface area contributed by atoms with E-state index in [0.29, 0.717) is 6.54 Å². The zero-order valence-electron chi connectivity index (χ0n) is 13.0.